The van der Waals surface area contributed by atoms with Gasteiger partial charge in [0.05, 0.1) is 0 Å². The van der Waals surface area contributed by atoms with Gasteiger partial charge in [-0.15, -0.1) is 0 Å². The summed E-state index contributed by atoms with van der Waals surface area (Å²) < 4.78 is 49.3. The van der Waals surface area contributed by atoms with Gasteiger partial charge in [-0.2, -0.15) is 13.2 Å². The maximum absolute atomic E-state index is 13.0. The van der Waals surface area contributed by atoms with Gasteiger partial charge in [0.1, 0.15) is 0 Å². The van der Waals surface area contributed by atoms with E-state index < -0.39 is 18.5 Å². The lowest BCUT2D eigenvalue weighted by Gasteiger charge is -2.29. The van der Waals surface area contributed by atoms with E-state index in [0.717, 1.165) is 19.3 Å². The average molecular weight is 226 g/mol. The predicted octanol–water partition coefficient (Wildman–Crippen LogP) is 3.03. The van der Waals surface area contributed by atoms with Crippen LogP contribution in [0.1, 0.15) is 32.1 Å². The lowest BCUT2D eigenvalue weighted by molar-refractivity contribution is -0.321. The SMILES string of the molecule is OC(F)(CC1CC2CCC1C2)C(F)(F)F. The number of rotatable bonds is 2. The summed E-state index contributed by atoms with van der Waals surface area (Å²) in [6, 6.07) is 0. The van der Waals surface area contributed by atoms with E-state index in [1.54, 1.807) is 0 Å². The van der Waals surface area contributed by atoms with E-state index in [4.69, 9.17) is 5.11 Å². The highest BCUT2D eigenvalue weighted by Crippen LogP contribution is 2.52. The molecule has 4 atom stereocenters. The van der Waals surface area contributed by atoms with Gasteiger partial charge >= 0.3 is 12.0 Å². The Labute approximate surface area is 85.5 Å². The Kier molecular flexibility index (Phi) is 2.48. The zero-order valence-electron chi connectivity index (χ0n) is 8.23. The average Bonchev–Trinajstić information content (AvgIpc) is 2.61. The van der Waals surface area contributed by atoms with E-state index in [1.165, 1.54) is 0 Å². The van der Waals surface area contributed by atoms with Crippen molar-refractivity contribution in [3.63, 3.8) is 0 Å². The Bertz CT molecular complexity index is 248. The largest absolute Gasteiger partial charge is 0.448 e. The fourth-order valence-electron chi connectivity index (χ4n) is 3.09. The molecule has 1 N–H and O–H groups in total. The minimum Gasteiger partial charge on any atom is -0.355 e. The van der Waals surface area contributed by atoms with Crippen molar-refractivity contribution in [3.8, 4) is 0 Å². The second-order valence-corrected chi connectivity index (χ2v) is 4.90. The molecule has 2 aliphatic carbocycles. The molecule has 1 nitrogen and oxygen atoms in total. The molecule has 88 valence electrons. The molecule has 0 spiro atoms. The van der Waals surface area contributed by atoms with Gasteiger partial charge in [-0.05, 0) is 37.0 Å². The predicted molar refractivity (Wildman–Crippen MR) is 45.7 cm³/mol. The number of hydrogen-bond donors (Lipinski definition) is 1. The van der Waals surface area contributed by atoms with E-state index in [-0.39, 0.29) is 11.8 Å². The smallest absolute Gasteiger partial charge is 0.355 e. The summed E-state index contributed by atoms with van der Waals surface area (Å²) in [5.74, 6) is -3.63. The minimum absolute atomic E-state index is 0.194. The molecule has 0 radical (unpaired) electrons. The Hall–Kier alpha value is -0.320. The quantitative estimate of drug-likeness (QED) is 0.717. The summed E-state index contributed by atoms with van der Waals surface area (Å²) in [6.07, 6.45) is -2.43. The van der Waals surface area contributed by atoms with Crippen LogP contribution < -0.4 is 0 Å². The third-order valence-corrected chi connectivity index (χ3v) is 3.85. The van der Waals surface area contributed by atoms with Gasteiger partial charge < -0.3 is 5.11 Å². The van der Waals surface area contributed by atoms with Crippen LogP contribution in [0.3, 0.4) is 0 Å². The highest BCUT2D eigenvalue weighted by molar-refractivity contribution is 4.93. The van der Waals surface area contributed by atoms with Crippen LogP contribution in [0.25, 0.3) is 0 Å². The van der Waals surface area contributed by atoms with Crippen molar-refractivity contribution in [2.45, 2.75) is 44.1 Å². The number of aliphatic hydroxyl groups is 1. The number of fused-ring (bicyclic) bond motifs is 2. The van der Waals surface area contributed by atoms with Gasteiger partial charge in [-0.1, -0.05) is 6.42 Å². The molecule has 2 aliphatic rings. The summed E-state index contributed by atoms with van der Waals surface area (Å²) >= 11 is 0. The van der Waals surface area contributed by atoms with E-state index in [1.807, 2.05) is 0 Å². The number of hydrogen-bond acceptors (Lipinski definition) is 1. The van der Waals surface area contributed by atoms with Crippen molar-refractivity contribution >= 4 is 0 Å². The van der Waals surface area contributed by atoms with Gasteiger partial charge in [0.2, 0.25) is 0 Å². The zero-order chi connectivity index (χ0) is 11.3. The number of alkyl halides is 4. The van der Waals surface area contributed by atoms with Crippen molar-refractivity contribution in [3.05, 3.63) is 0 Å². The molecule has 15 heavy (non-hydrogen) atoms. The standard InChI is InChI=1S/C10H14F4O/c11-9(15,10(12,13)14)5-8-4-6-1-2-7(8)3-6/h6-8,15H,1-5H2. The van der Waals surface area contributed by atoms with Crippen LogP contribution >= 0.6 is 0 Å². The molecular weight excluding hydrogens is 212 g/mol. The molecular formula is C10H14F4O. The molecule has 5 heteroatoms. The van der Waals surface area contributed by atoms with Crippen LogP contribution in [-0.4, -0.2) is 17.1 Å². The van der Waals surface area contributed by atoms with Gasteiger partial charge in [-0.3, -0.25) is 0 Å². The fraction of sp³-hybridized carbons (Fsp3) is 1.00. The topological polar surface area (TPSA) is 20.2 Å². The normalized spacial score (nSPS) is 39.4. The van der Waals surface area contributed by atoms with Crippen LogP contribution in [-0.2, 0) is 0 Å². The Morgan fingerprint density at radius 3 is 2.13 bits per heavy atom. The molecule has 0 aliphatic heterocycles. The Morgan fingerprint density at radius 1 is 1.07 bits per heavy atom. The molecule has 0 saturated heterocycles. The summed E-state index contributed by atoms with van der Waals surface area (Å²) in [4.78, 5) is 0. The van der Waals surface area contributed by atoms with Crippen molar-refractivity contribution in [2.75, 3.05) is 0 Å². The molecule has 0 aromatic heterocycles. The molecule has 2 rings (SSSR count). The molecule has 2 saturated carbocycles. The molecule has 0 amide bonds. The van der Waals surface area contributed by atoms with Crippen molar-refractivity contribution in [2.24, 2.45) is 17.8 Å². The van der Waals surface area contributed by atoms with E-state index in [0.29, 0.717) is 12.3 Å². The Morgan fingerprint density at radius 2 is 1.73 bits per heavy atom. The first-order valence-corrected chi connectivity index (χ1v) is 5.27. The van der Waals surface area contributed by atoms with Crippen LogP contribution in [0, 0.1) is 17.8 Å². The van der Waals surface area contributed by atoms with Crippen molar-refractivity contribution in [1.82, 2.24) is 0 Å². The third-order valence-electron chi connectivity index (χ3n) is 3.85. The molecule has 0 heterocycles. The second-order valence-electron chi connectivity index (χ2n) is 4.90. The summed E-state index contributed by atoms with van der Waals surface area (Å²) in [5.41, 5.74) is 0. The van der Waals surface area contributed by atoms with Gasteiger partial charge in [0.25, 0.3) is 0 Å². The summed E-state index contributed by atoms with van der Waals surface area (Å²) in [5, 5.41) is 8.75. The van der Waals surface area contributed by atoms with Crippen molar-refractivity contribution in [1.29, 1.82) is 0 Å². The van der Waals surface area contributed by atoms with E-state index in [2.05, 4.69) is 0 Å². The second kappa shape index (κ2) is 3.34. The lowest BCUT2D eigenvalue weighted by Crippen LogP contribution is -2.43. The first-order valence-electron chi connectivity index (χ1n) is 5.27. The third kappa shape index (κ3) is 1.98. The fourth-order valence-corrected chi connectivity index (χ4v) is 3.09. The first kappa shape index (κ1) is 11.2. The van der Waals surface area contributed by atoms with Gasteiger partial charge in [-0.25, -0.2) is 4.39 Å². The van der Waals surface area contributed by atoms with E-state index in [9.17, 15) is 17.6 Å². The summed E-state index contributed by atoms with van der Waals surface area (Å²) in [6.45, 7) is 0. The monoisotopic (exact) mass is 226 g/mol. The maximum Gasteiger partial charge on any atom is 0.448 e. The van der Waals surface area contributed by atoms with Crippen LogP contribution in [0.2, 0.25) is 0 Å². The molecule has 0 aromatic rings. The first-order chi connectivity index (χ1) is 6.79. The molecule has 2 fully saturated rings. The van der Waals surface area contributed by atoms with Gasteiger partial charge in [0.15, 0.2) is 0 Å². The molecule has 2 bridgehead atoms. The highest BCUT2D eigenvalue weighted by Gasteiger charge is 2.57. The lowest BCUT2D eigenvalue weighted by atomic mass is 9.84. The molecule has 0 aromatic carbocycles. The van der Waals surface area contributed by atoms with Crippen molar-refractivity contribution < 1.29 is 22.7 Å². The Balaban J connectivity index is 1.97. The van der Waals surface area contributed by atoms with E-state index >= 15 is 0 Å². The van der Waals surface area contributed by atoms with Crippen LogP contribution in [0.15, 0.2) is 0 Å². The highest BCUT2D eigenvalue weighted by atomic mass is 19.4. The maximum atomic E-state index is 13.0. The van der Waals surface area contributed by atoms with Gasteiger partial charge in [0, 0.05) is 6.42 Å². The van der Waals surface area contributed by atoms with Crippen LogP contribution in [0.5, 0.6) is 0 Å². The summed E-state index contributed by atoms with van der Waals surface area (Å²) in [7, 11) is 0. The number of halogens is 4. The molecule has 4 unspecified atom stereocenters. The zero-order valence-corrected chi connectivity index (χ0v) is 8.23. The minimum atomic E-state index is -5.16. The van der Waals surface area contributed by atoms with Crippen LogP contribution in [0.4, 0.5) is 17.6 Å².